The summed E-state index contributed by atoms with van der Waals surface area (Å²) < 4.78 is 6.38. The topological polar surface area (TPSA) is 110 Å². The molecule has 0 radical (unpaired) electrons. The van der Waals surface area contributed by atoms with E-state index < -0.39 is 11.9 Å². The molecule has 28 heavy (non-hydrogen) atoms. The standard InChI is InChI=1S/C19H21NOS.C2H2O4/c1-19(2,20)13-17(18-11-6-12-22-18)21-16-10-5-8-14-7-3-4-9-15(14)16;3-1(4)2(5)6/h3-12,17H,13,20H2,1-2H3;(H,3,4)(H,5,6)/t17-;/m1./s1. The minimum absolute atomic E-state index is 0.0224. The van der Waals surface area contributed by atoms with Gasteiger partial charge in [-0.3, -0.25) is 0 Å². The molecule has 148 valence electrons. The number of carboxylic acids is 2. The van der Waals surface area contributed by atoms with Crippen molar-refractivity contribution in [2.45, 2.75) is 31.9 Å². The molecule has 0 bridgehead atoms. The predicted molar refractivity (Wildman–Crippen MR) is 110 cm³/mol. The first-order valence-electron chi connectivity index (χ1n) is 8.60. The van der Waals surface area contributed by atoms with E-state index in [0.29, 0.717) is 0 Å². The van der Waals surface area contributed by atoms with E-state index >= 15 is 0 Å². The number of ether oxygens (including phenoxy) is 1. The van der Waals surface area contributed by atoms with Gasteiger partial charge in [0.2, 0.25) is 0 Å². The van der Waals surface area contributed by atoms with E-state index in [1.165, 1.54) is 10.3 Å². The lowest BCUT2D eigenvalue weighted by Crippen LogP contribution is -2.35. The van der Waals surface area contributed by atoms with Crippen molar-refractivity contribution in [3.8, 4) is 5.75 Å². The van der Waals surface area contributed by atoms with Gasteiger partial charge in [0.15, 0.2) is 0 Å². The Bertz CT molecular complexity index is 914. The van der Waals surface area contributed by atoms with Crippen molar-refractivity contribution in [3.05, 3.63) is 64.9 Å². The molecule has 0 spiro atoms. The van der Waals surface area contributed by atoms with Gasteiger partial charge >= 0.3 is 11.9 Å². The molecule has 4 N–H and O–H groups in total. The van der Waals surface area contributed by atoms with Crippen molar-refractivity contribution < 1.29 is 24.5 Å². The van der Waals surface area contributed by atoms with Crippen LogP contribution in [0.5, 0.6) is 5.75 Å². The van der Waals surface area contributed by atoms with Crippen molar-refractivity contribution in [2.24, 2.45) is 5.73 Å². The third kappa shape index (κ3) is 6.37. The number of aliphatic carboxylic acids is 2. The maximum absolute atomic E-state index is 9.10. The molecule has 2 aromatic carbocycles. The van der Waals surface area contributed by atoms with Gasteiger partial charge in [-0.2, -0.15) is 0 Å². The summed E-state index contributed by atoms with van der Waals surface area (Å²) in [5.41, 5.74) is 5.95. The van der Waals surface area contributed by atoms with Crippen molar-refractivity contribution >= 4 is 34.0 Å². The maximum atomic E-state index is 9.10. The number of fused-ring (bicyclic) bond motifs is 1. The quantitative estimate of drug-likeness (QED) is 0.550. The first-order valence-corrected chi connectivity index (χ1v) is 9.48. The number of thiophene rings is 1. The average molecular weight is 401 g/mol. The Balaban J connectivity index is 0.000000409. The van der Waals surface area contributed by atoms with Crippen molar-refractivity contribution in [2.75, 3.05) is 0 Å². The summed E-state index contributed by atoms with van der Waals surface area (Å²) in [5.74, 6) is -2.73. The van der Waals surface area contributed by atoms with Crippen LogP contribution in [0.2, 0.25) is 0 Å². The van der Waals surface area contributed by atoms with Gasteiger partial charge in [-0.1, -0.05) is 42.5 Å². The van der Waals surface area contributed by atoms with Gasteiger partial charge in [-0.05, 0) is 36.7 Å². The van der Waals surface area contributed by atoms with E-state index in [-0.39, 0.29) is 11.6 Å². The Morgan fingerprint density at radius 3 is 2.25 bits per heavy atom. The van der Waals surface area contributed by atoms with Gasteiger partial charge in [0.1, 0.15) is 11.9 Å². The predicted octanol–water partition coefficient (Wildman–Crippen LogP) is 4.30. The lowest BCUT2D eigenvalue weighted by Gasteiger charge is -2.26. The Morgan fingerprint density at radius 1 is 1.04 bits per heavy atom. The number of hydrogen-bond donors (Lipinski definition) is 3. The van der Waals surface area contributed by atoms with Crippen LogP contribution in [0.15, 0.2) is 60.0 Å². The van der Waals surface area contributed by atoms with E-state index in [4.69, 9.17) is 30.3 Å². The van der Waals surface area contributed by atoms with E-state index in [9.17, 15) is 0 Å². The second-order valence-corrected chi connectivity index (χ2v) is 7.88. The maximum Gasteiger partial charge on any atom is 0.414 e. The Kier molecular flexibility index (Phi) is 7.14. The fourth-order valence-corrected chi connectivity index (χ4v) is 3.36. The number of benzene rings is 2. The van der Waals surface area contributed by atoms with Crippen molar-refractivity contribution in [3.63, 3.8) is 0 Å². The Labute approximate surface area is 167 Å². The smallest absolute Gasteiger partial charge is 0.414 e. The molecule has 7 heteroatoms. The van der Waals surface area contributed by atoms with E-state index in [1.54, 1.807) is 11.3 Å². The molecule has 1 aromatic heterocycles. The molecule has 1 atom stereocenters. The molecule has 1 heterocycles. The Hall–Kier alpha value is -2.90. The lowest BCUT2D eigenvalue weighted by molar-refractivity contribution is -0.159. The van der Waals surface area contributed by atoms with Gasteiger partial charge in [0.05, 0.1) is 0 Å². The highest BCUT2D eigenvalue weighted by Gasteiger charge is 2.23. The van der Waals surface area contributed by atoms with Gasteiger partial charge < -0.3 is 20.7 Å². The number of nitrogens with two attached hydrogens (primary N) is 1. The second-order valence-electron chi connectivity index (χ2n) is 6.90. The zero-order valence-corrected chi connectivity index (χ0v) is 16.5. The monoisotopic (exact) mass is 401 g/mol. The van der Waals surface area contributed by atoms with Gasteiger partial charge in [0, 0.05) is 22.2 Å². The first kappa shape index (κ1) is 21.4. The summed E-state index contributed by atoms with van der Waals surface area (Å²) in [5, 5.41) is 19.2. The highest BCUT2D eigenvalue weighted by molar-refractivity contribution is 7.10. The zero-order chi connectivity index (χ0) is 20.7. The molecule has 0 unspecified atom stereocenters. The second kappa shape index (κ2) is 9.34. The minimum atomic E-state index is -1.82. The Morgan fingerprint density at radius 2 is 1.68 bits per heavy atom. The first-order chi connectivity index (χ1) is 13.2. The third-order valence-corrected chi connectivity index (χ3v) is 4.74. The fourth-order valence-electron chi connectivity index (χ4n) is 2.60. The molecule has 3 rings (SSSR count). The van der Waals surface area contributed by atoms with Gasteiger partial charge in [0.25, 0.3) is 0 Å². The SMILES string of the molecule is CC(C)(N)C[C@@H](Oc1cccc2ccccc12)c1cccs1.O=C(O)C(=O)O. The number of carbonyl (C=O) groups is 2. The van der Waals surface area contributed by atoms with Crippen LogP contribution in [0.1, 0.15) is 31.2 Å². The normalized spacial score (nSPS) is 12.0. The summed E-state index contributed by atoms with van der Waals surface area (Å²) in [7, 11) is 0. The lowest BCUT2D eigenvalue weighted by atomic mass is 9.97. The van der Waals surface area contributed by atoms with Crippen LogP contribution < -0.4 is 10.5 Å². The molecule has 0 aliphatic heterocycles. The van der Waals surface area contributed by atoms with Crippen LogP contribution in [0.4, 0.5) is 0 Å². The van der Waals surface area contributed by atoms with E-state index in [0.717, 1.165) is 17.6 Å². The molecule has 6 nitrogen and oxygen atoms in total. The molecule has 0 aliphatic rings. The molecule has 0 aliphatic carbocycles. The molecule has 0 saturated carbocycles. The van der Waals surface area contributed by atoms with Crippen LogP contribution in [0.25, 0.3) is 10.8 Å². The molecular formula is C21H23NO5S. The van der Waals surface area contributed by atoms with Crippen molar-refractivity contribution in [1.29, 1.82) is 0 Å². The highest BCUT2D eigenvalue weighted by atomic mass is 32.1. The third-order valence-electron chi connectivity index (χ3n) is 3.77. The molecule has 0 saturated heterocycles. The van der Waals surface area contributed by atoms with E-state index in [1.807, 2.05) is 38.1 Å². The largest absolute Gasteiger partial charge is 0.484 e. The number of rotatable bonds is 5. The molecule has 3 aromatic rings. The van der Waals surface area contributed by atoms with Gasteiger partial charge in [-0.15, -0.1) is 11.3 Å². The van der Waals surface area contributed by atoms with Crippen molar-refractivity contribution in [1.82, 2.24) is 0 Å². The van der Waals surface area contributed by atoms with Crippen LogP contribution in [0.3, 0.4) is 0 Å². The van der Waals surface area contributed by atoms with Crippen LogP contribution >= 0.6 is 11.3 Å². The molecule has 0 fully saturated rings. The van der Waals surface area contributed by atoms with E-state index in [2.05, 4.69) is 35.7 Å². The molecule has 0 amide bonds. The minimum Gasteiger partial charge on any atom is -0.484 e. The van der Waals surface area contributed by atoms with Crippen LogP contribution in [0, 0.1) is 0 Å². The van der Waals surface area contributed by atoms with Gasteiger partial charge in [-0.25, -0.2) is 9.59 Å². The fraction of sp³-hybridized carbons (Fsp3) is 0.238. The highest BCUT2D eigenvalue weighted by Crippen LogP contribution is 2.34. The average Bonchev–Trinajstić information content (AvgIpc) is 3.15. The zero-order valence-electron chi connectivity index (χ0n) is 15.7. The number of hydrogen-bond acceptors (Lipinski definition) is 5. The summed E-state index contributed by atoms with van der Waals surface area (Å²) >= 11 is 1.72. The molecular weight excluding hydrogens is 378 g/mol. The summed E-state index contributed by atoms with van der Waals surface area (Å²) in [4.78, 5) is 19.4. The number of carboxylic acid groups (broad SMARTS) is 2. The van der Waals surface area contributed by atoms with Crippen LogP contribution in [-0.4, -0.2) is 27.7 Å². The summed E-state index contributed by atoms with van der Waals surface area (Å²) in [6.45, 7) is 4.08. The van der Waals surface area contributed by atoms with Crippen LogP contribution in [-0.2, 0) is 9.59 Å². The summed E-state index contributed by atoms with van der Waals surface area (Å²) in [6.07, 6.45) is 0.752. The summed E-state index contributed by atoms with van der Waals surface area (Å²) in [6, 6.07) is 18.7.